The first-order chi connectivity index (χ1) is 8.70. The maximum absolute atomic E-state index is 10.9. The van der Waals surface area contributed by atoms with E-state index in [2.05, 4.69) is 18.5 Å². The molecule has 0 aromatic carbocycles. The Morgan fingerprint density at radius 1 is 1.00 bits per heavy atom. The SMILES string of the molecule is C=CC(=O)CCCOCCOCCNC(=O)C=C. The maximum Gasteiger partial charge on any atom is 0.243 e. The summed E-state index contributed by atoms with van der Waals surface area (Å²) in [7, 11) is 0. The van der Waals surface area contributed by atoms with Crippen molar-refractivity contribution >= 4 is 11.7 Å². The van der Waals surface area contributed by atoms with Gasteiger partial charge < -0.3 is 14.8 Å². The quantitative estimate of drug-likeness (QED) is 0.415. The van der Waals surface area contributed by atoms with Gasteiger partial charge in [-0.05, 0) is 18.6 Å². The highest BCUT2D eigenvalue weighted by atomic mass is 16.5. The number of ether oxygens (including phenoxy) is 2. The summed E-state index contributed by atoms with van der Waals surface area (Å²) in [4.78, 5) is 21.6. The van der Waals surface area contributed by atoms with Crippen LogP contribution in [0.3, 0.4) is 0 Å². The average molecular weight is 255 g/mol. The van der Waals surface area contributed by atoms with Crippen molar-refractivity contribution in [2.24, 2.45) is 0 Å². The highest BCUT2D eigenvalue weighted by Crippen LogP contribution is 1.92. The molecule has 0 fully saturated rings. The van der Waals surface area contributed by atoms with Gasteiger partial charge in [-0.3, -0.25) is 9.59 Å². The second-order valence-corrected chi connectivity index (χ2v) is 3.49. The van der Waals surface area contributed by atoms with Gasteiger partial charge in [0.05, 0.1) is 19.8 Å². The van der Waals surface area contributed by atoms with Gasteiger partial charge in [0.25, 0.3) is 0 Å². The molecule has 0 spiro atoms. The van der Waals surface area contributed by atoms with E-state index in [0.29, 0.717) is 45.8 Å². The molecular weight excluding hydrogens is 234 g/mol. The number of carbonyl (C=O) groups excluding carboxylic acids is 2. The molecule has 1 N–H and O–H groups in total. The molecule has 0 aromatic heterocycles. The van der Waals surface area contributed by atoms with Gasteiger partial charge in [0, 0.05) is 19.6 Å². The van der Waals surface area contributed by atoms with E-state index in [4.69, 9.17) is 9.47 Å². The fourth-order valence-electron chi connectivity index (χ4n) is 1.09. The zero-order valence-electron chi connectivity index (χ0n) is 10.7. The largest absolute Gasteiger partial charge is 0.379 e. The van der Waals surface area contributed by atoms with Crippen LogP contribution in [0, 0.1) is 0 Å². The van der Waals surface area contributed by atoms with Gasteiger partial charge in [-0.2, -0.15) is 0 Å². The van der Waals surface area contributed by atoms with Crippen LogP contribution in [0.15, 0.2) is 25.3 Å². The Labute approximate surface area is 108 Å². The lowest BCUT2D eigenvalue weighted by Crippen LogP contribution is -2.25. The highest BCUT2D eigenvalue weighted by Gasteiger charge is 1.96. The van der Waals surface area contributed by atoms with Crippen molar-refractivity contribution < 1.29 is 19.1 Å². The monoisotopic (exact) mass is 255 g/mol. The Bertz CT molecular complexity index is 248. The first kappa shape index (κ1) is 16.5. The molecule has 0 saturated carbocycles. The molecule has 0 rings (SSSR count). The number of rotatable bonds is 12. The van der Waals surface area contributed by atoms with Gasteiger partial charge in [-0.1, -0.05) is 13.2 Å². The van der Waals surface area contributed by atoms with Crippen LogP contribution >= 0.6 is 0 Å². The van der Waals surface area contributed by atoms with Crippen molar-refractivity contribution in [2.45, 2.75) is 12.8 Å². The molecule has 0 unspecified atom stereocenters. The molecule has 18 heavy (non-hydrogen) atoms. The molecule has 5 nitrogen and oxygen atoms in total. The summed E-state index contributed by atoms with van der Waals surface area (Å²) >= 11 is 0. The second kappa shape index (κ2) is 12.0. The minimum absolute atomic E-state index is 0.0350. The molecule has 1 amide bonds. The van der Waals surface area contributed by atoms with Crippen LogP contribution in [-0.2, 0) is 19.1 Å². The molecule has 0 aliphatic rings. The van der Waals surface area contributed by atoms with E-state index < -0.39 is 0 Å². The predicted molar refractivity (Wildman–Crippen MR) is 69.3 cm³/mol. The molecule has 0 aromatic rings. The predicted octanol–water partition coefficient (Wildman–Crippen LogP) is 0.857. The Morgan fingerprint density at radius 2 is 1.67 bits per heavy atom. The molecule has 0 atom stereocenters. The number of ketones is 1. The second-order valence-electron chi connectivity index (χ2n) is 3.49. The van der Waals surface area contributed by atoms with Crippen molar-refractivity contribution in [3.63, 3.8) is 0 Å². The normalized spacial score (nSPS) is 9.78. The maximum atomic E-state index is 10.9. The van der Waals surface area contributed by atoms with Gasteiger partial charge in [0.2, 0.25) is 5.91 Å². The Kier molecular flexibility index (Phi) is 11.0. The molecule has 0 radical (unpaired) electrons. The van der Waals surface area contributed by atoms with E-state index in [1.165, 1.54) is 12.2 Å². The molecule has 5 heteroatoms. The zero-order valence-corrected chi connectivity index (χ0v) is 10.7. The Balaban J connectivity index is 3.12. The van der Waals surface area contributed by atoms with Crippen LogP contribution in [-0.4, -0.2) is 44.7 Å². The first-order valence-electron chi connectivity index (χ1n) is 5.91. The Morgan fingerprint density at radius 3 is 2.28 bits per heavy atom. The van der Waals surface area contributed by atoms with Gasteiger partial charge >= 0.3 is 0 Å². The van der Waals surface area contributed by atoms with E-state index >= 15 is 0 Å². The summed E-state index contributed by atoms with van der Waals surface area (Å²) in [6.45, 7) is 9.12. The third kappa shape index (κ3) is 11.0. The summed E-state index contributed by atoms with van der Waals surface area (Å²) in [5.74, 6) is -0.172. The third-order valence-corrected chi connectivity index (χ3v) is 2.04. The molecular formula is C13H21NO4. The summed E-state index contributed by atoms with van der Waals surface area (Å²) in [5, 5.41) is 2.59. The van der Waals surface area contributed by atoms with Gasteiger partial charge in [-0.25, -0.2) is 0 Å². The highest BCUT2D eigenvalue weighted by molar-refractivity contribution is 5.88. The van der Waals surface area contributed by atoms with Crippen LogP contribution in [0.25, 0.3) is 0 Å². The summed E-state index contributed by atoms with van der Waals surface area (Å²) in [6.07, 6.45) is 3.70. The van der Waals surface area contributed by atoms with Crippen molar-refractivity contribution in [1.29, 1.82) is 0 Å². The lowest BCUT2D eigenvalue weighted by molar-refractivity contribution is -0.117. The number of carbonyl (C=O) groups is 2. The minimum atomic E-state index is -0.207. The average Bonchev–Trinajstić information content (AvgIpc) is 2.40. The topological polar surface area (TPSA) is 64.6 Å². The molecule has 0 heterocycles. The van der Waals surface area contributed by atoms with Crippen molar-refractivity contribution in [3.8, 4) is 0 Å². The van der Waals surface area contributed by atoms with Crippen LogP contribution in [0.4, 0.5) is 0 Å². The van der Waals surface area contributed by atoms with Crippen molar-refractivity contribution in [1.82, 2.24) is 5.32 Å². The lowest BCUT2D eigenvalue weighted by Gasteiger charge is -2.05. The number of allylic oxidation sites excluding steroid dienone is 1. The minimum Gasteiger partial charge on any atom is -0.379 e. The fourth-order valence-corrected chi connectivity index (χ4v) is 1.09. The number of hydrogen-bond donors (Lipinski definition) is 1. The Hall–Kier alpha value is -1.46. The standard InChI is InChI=1S/C13H21NO4/c1-3-12(15)6-5-8-17-10-11-18-9-7-14-13(16)4-2/h3-4H,1-2,5-11H2,(H,14,16). The van der Waals surface area contributed by atoms with Crippen LogP contribution < -0.4 is 5.32 Å². The fraction of sp³-hybridized carbons (Fsp3) is 0.538. The molecule has 102 valence electrons. The van der Waals surface area contributed by atoms with Crippen LogP contribution in [0.1, 0.15) is 12.8 Å². The molecule has 0 bridgehead atoms. The smallest absolute Gasteiger partial charge is 0.243 e. The van der Waals surface area contributed by atoms with Gasteiger partial charge in [0.15, 0.2) is 5.78 Å². The van der Waals surface area contributed by atoms with Crippen LogP contribution in [0.2, 0.25) is 0 Å². The van der Waals surface area contributed by atoms with E-state index in [-0.39, 0.29) is 11.7 Å². The van der Waals surface area contributed by atoms with E-state index in [9.17, 15) is 9.59 Å². The third-order valence-electron chi connectivity index (χ3n) is 2.04. The molecule has 0 aliphatic heterocycles. The van der Waals surface area contributed by atoms with Gasteiger partial charge in [0.1, 0.15) is 0 Å². The van der Waals surface area contributed by atoms with E-state index in [1.54, 1.807) is 0 Å². The first-order valence-corrected chi connectivity index (χ1v) is 5.91. The number of nitrogens with one attached hydrogen (secondary N) is 1. The summed E-state index contributed by atoms with van der Waals surface area (Å²) in [6, 6.07) is 0. The zero-order chi connectivity index (χ0) is 13.6. The van der Waals surface area contributed by atoms with Crippen molar-refractivity contribution in [2.75, 3.05) is 33.0 Å². The number of hydrogen-bond acceptors (Lipinski definition) is 4. The summed E-state index contributed by atoms with van der Waals surface area (Å²) < 4.78 is 10.5. The van der Waals surface area contributed by atoms with E-state index in [1.807, 2.05) is 0 Å². The number of amides is 1. The van der Waals surface area contributed by atoms with Gasteiger partial charge in [-0.15, -0.1) is 0 Å². The molecule has 0 aliphatic carbocycles. The van der Waals surface area contributed by atoms with Crippen molar-refractivity contribution in [3.05, 3.63) is 25.3 Å². The van der Waals surface area contributed by atoms with E-state index in [0.717, 1.165) is 0 Å². The summed E-state index contributed by atoms with van der Waals surface area (Å²) in [5.41, 5.74) is 0. The molecule has 0 saturated heterocycles. The lowest BCUT2D eigenvalue weighted by atomic mass is 10.2. The van der Waals surface area contributed by atoms with Crippen LogP contribution in [0.5, 0.6) is 0 Å².